The van der Waals surface area contributed by atoms with Gasteiger partial charge in [-0.3, -0.25) is 19.3 Å². The lowest BCUT2D eigenvalue weighted by Gasteiger charge is -2.56. The Bertz CT molecular complexity index is 800. The summed E-state index contributed by atoms with van der Waals surface area (Å²) in [6, 6.07) is 7.81. The number of aliphatic carboxylic acids is 1. The average molecular weight is 376 g/mol. The number of hydrogen-bond donors (Lipinski definition) is 2. The first-order valence-corrected chi connectivity index (χ1v) is 9.21. The summed E-state index contributed by atoms with van der Waals surface area (Å²) < 4.78 is 5.10. The predicted molar refractivity (Wildman–Crippen MR) is 90.0 cm³/mol. The van der Waals surface area contributed by atoms with Gasteiger partial charge in [-0.25, -0.2) is 4.79 Å². The third-order valence-electron chi connectivity index (χ3n) is 4.93. The largest absolute Gasteiger partial charge is 0.477 e. The van der Waals surface area contributed by atoms with E-state index in [1.807, 2.05) is 30.3 Å². The molecule has 26 heavy (non-hydrogen) atoms. The molecule has 0 radical (unpaired) electrons. The fourth-order valence-electron chi connectivity index (χ4n) is 3.74. The van der Waals surface area contributed by atoms with Gasteiger partial charge in [-0.15, -0.1) is 11.8 Å². The summed E-state index contributed by atoms with van der Waals surface area (Å²) in [6.07, 6.45) is 0.0880. The van der Waals surface area contributed by atoms with E-state index in [0.717, 1.165) is 10.5 Å². The number of carbonyl (C=O) groups excluding carboxylic acids is 3. The van der Waals surface area contributed by atoms with Gasteiger partial charge in [-0.2, -0.15) is 0 Å². The van der Waals surface area contributed by atoms with Crippen molar-refractivity contribution < 1.29 is 29.0 Å². The molecule has 0 unspecified atom stereocenters. The smallest absolute Gasteiger partial charge is 0.371 e. The van der Waals surface area contributed by atoms with Crippen molar-refractivity contribution in [1.29, 1.82) is 0 Å². The van der Waals surface area contributed by atoms with E-state index in [-0.39, 0.29) is 18.7 Å². The molecule has 3 aliphatic rings. The standard InChI is InChI=1S/C17H16N2O6S/c20-12(6-9-4-2-1-3-5-9)18-14-10-8-26-11-7-13(21)25-17(11,16(23)24)19(10)15(14)22/h1-5,10-11,14H,6-8H2,(H,18,20)(H,23,24)/t10-,11+,14+,17-/m1/s1. The number of amides is 2. The maximum absolute atomic E-state index is 12.6. The zero-order valence-corrected chi connectivity index (χ0v) is 14.4. The first-order chi connectivity index (χ1) is 12.4. The van der Waals surface area contributed by atoms with Crippen molar-refractivity contribution in [2.24, 2.45) is 0 Å². The molecule has 2 amide bonds. The second kappa shape index (κ2) is 6.01. The van der Waals surface area contributed by atoms with Crippen LogP contribution in [0.15, 0.2) is 30.3 Å². The SMILES string of the molecule is O=C(Cc1ccccc1)N[C@@H]1C(=O)N2[C@@H]1CS[C@H]1CC(=O)O[C@@]12C(=O)O. The predicted octanol–water partition coefficient (Wildman–Crippen LogP) is -0.232. The Morgan fingerprint density at radius 2 is 2.04 bits per heavy atom. The Balaban J connectivity index is 1.49. The minimum Gasteiger partial charge on any atom is -0.477 e. The number of rotatable bonds is 4. The molecular formula is C17H16N2O6S. The molecule has 3 heterocycles. The lowest BCUT2D eigenvalue weighted by atomic mass is 9.89. The van der Waals surface area contributed by atoms with Gasteiger partial charge in [0.25, 0.3) is 11.6 Å². The van der Waals surface area contributed by atoms with Gasteiger partial charge in [0.05, 0.1) is 24.1 Å². The molecule has 8 nitrogen and oxygen atoms in total. The summed E-state index contributed by atoms with van der Waals surface area (Å²) in [7, 11) is 0. The first kappa shape index (κ1) is 16.9. The maximum Gasteiger partial charge on any atom is 0.371 e. The van der Waals surface area contributed by atoms with Gasteiger partial charge in [-0.1, -0.05) is 30.3 Å². The van der Waals surface area contributed by atoms with E-state index in [1.54, 1.807) is 0 Å². The number of β-lactam (4-membered cyclic amide) rings is 1. The monoisotopic (exact) mass is 376 g/mol. The van der Waals surface area contributed by atoms with E-state index < -0.39 is 40.9 Å². The molecule has 3 fully saturated rings. The molecule has 4 atom stereocenters. The number of carboxylic acids is 1. The second-order valence-corrected chi connectivity index (χ2v) is 7.72. The van der Waals surface area contributed by atoms with Crippen molar-refractivity contribution in [2.75, 3.05) is 5.75 Å². The number of thioether (sulfide) groups is 1. The topological polar surface area (TPSA) is 113 Å². The van der Waals surface area contributed by atoms with Crippen molar-refractivity contribution >= 4 is 35.5 Å². The lowest BCUT2D eigenvalue weighted by molar-refractivity contribution is -0.213. The fourth-order valence-corrected chi connectivity index (χ4v) is 5.25. The molecule has 3 aliphatic heterocycles. The maximum atomic E-state index is 12.6. The molecule has 9 heteroatoms. The van der Waals surface area contributed by atoms with Crippen LogP contribution >= 0.6 is 11.8 Å². The number of carbonyl (C=O) groups is 4. The summed E-state index contributed by atoms with van der Waals surface area (Å²) in [6.45, 7) is 0. The number of fused-ring (bicyclic) bond motifs is 3. The summed E-state index contributed by atoms with van der Waals surface area (Å²) in [4.78, 5) is 49.4. The van der Waals surface area contributed by atoms with E-state index in [0.29, 0.717) is 5.75 Å². The quantitative estimate of drug-likeness (QED) is 0.551. The number of esters is 1. The normalized spacial score (nSPS) is 32.2. The lowest BCUT2D eigenvalue weighted by Crippen LogP contribution is -2.82. The molecule has 0 bridgehead atoms. The minimum absolute atomic E-state index is 0.0432. The van der Waals surface area contributed by atoms with E-state index in [9.17, 15) is 24.3 Å². The fraction of sp³-hybridized carbons (Fsp3) is 0.412. The van der Waals surface area contributed by atoms with Gasteiger partial charge in [0.2, 0.25) is 5.91 Å². The van der Waals surface area contributed by atoms with E-state index in [4.69, 9.17) is 4.74 Å². The molecule has 0 saturated carbocycles. The van der Waals surface area contributed by atoms with Crippen molar-refractivity contribution in [3.63, 3.8) is 0 Å². The van der Waals surface area contributed by atoms with Crippen molar-refractivity contribution in [3.8, 4) is 0 Å². The van der Waals surface area contributed by atoms with Gasteiger partial charge in [0.15, 0.2) is 0 Å². The first-order valence-electron chi connectivity index (χ1n) is 8.17. The van der Waals surface area contributed by atoms with Crippen LogP contribution < -0.4 is 5.32 Å². The number of hydrogen-bond acceptors (Lipinski definition) is 6. The molecule has 0 spiro atoms. The van der Waals surface area contributed by atoms with Gasteiger partial charge < -0.3 is 15.2 Å². The van der Waals surface area contributed by atoms with Crippen molar-refractivity contribution in [1.82, 2.24) is 10.2 Å². The molecule has 4 rings (SSSR count). The third-order valence-corrected chi connectivity index (χ3v) is 6.36. The summed E-state index contributed by atoms with van der Waals surface area (Å²) >= 11 is 1.29. The minimum atomic E-state index is -1.96. The summed E-state index contributed by atoms with van der Waals surface area (Å²) in [5, 5.41) is 11.7. The van der Waals surface area contributed by atoms with Crippen molar-refractivity contribution in [3.05, 3.63) is 35.9 Å². The Labute approximate surface area is 152 Å². The van der Waals surface area contributed by atoms with Gasteiger partial charge >= 0.3 is 11.9 Å². The van der Waals surface area contributed by atoms with Gasteiger partial charge in [0, 0.05) is 5.75 Å². The zero-order valence-electron chi connectivity index (χ0n) is 13.6. The van der Waals surface area contributed by atoms with E-state index >= 15 is 0 Å². The number of nitrogens with zero attached hydrogens (tertiary/aromatic N) is 1. The molecule has 2 N–H and O–H groups in total. The van der Waals surface area contributed by atoms with Crippen LogP contribution in [0.2, 0.25) is 0 Å². The van der Waals surface area contributed by atoms with Crippen molar-refractivity contribution in [2.45, 2.75) is 35.9 Å². The van der Waals surface area contributed by atoms with Crippen LogP contribution in [0.1, 0.15) is 12.0 Å². The zero-order chi connectivity index (χ0) is 18.5. The highest BCUT2D eigenvalue weighted by atomic mass is 32.2. The molecule has 136 valence electrons. The van der Waals surface area contributed by atoms with Gasteiger partial charge in [0.1, 0.15) is 6.04 Å². The van der Waals surface area contributed by atoms with E-state index in [1.165, 1.54) is 11.8 Å². The van der Waals surface area contributed by atoms with Crippen LogP contribution in [0.25, 0.3) is 0 Å². The molecule has 3 saturated heterocycles. The Kier molecular flexibility index (Phi) is 3.91. The highest BCUT2D eigenvalue weighted by Crippen LogP contribution is 2.49. The number of ether oxygens (including phenoxy) is 1. The Morgan fingerprint density at radius 3 is 2.73 bits per heavy atom. The van der Waals surface area contributed by atoms with Crippen LogP contribution in [0.3, 0.4) is 0 Å². The summed E-state index contributed by atoms with van der Waals surface area (Å²) in [5.41, 5.74) is -1.14. The molecule has 0 aromatic heterocycles. The van der Waals surface area contributed by atoms with Gasteiger partial charge in [-0.05, 0) is 5.56 Å². The Morgan fingerprint density at radius 1 is 1.31 bits per heavy atom. The Hall–Kier alpha value is -2.55. The molecule has 0 aliphatic carbocycles. The molecule has 1 aromatic rings. The number of benzene rings is 1. The average Bonchev–Trinajstić information content (AvgIpc) is 2.96. The highest BCUT2D eigenvalue weighted by molar-refractivity contribution is 8.00. The molecule has 1 aromatic carbocycles. The van der Waals surface area contributed by atoms with Crippen LogP contribution in [0, 0.1) is 0 Å². The van der Waals surface area contributed by atoms with Crippen LogP contribution in [0.5, 0.6) is 0 Å². The second-order valence-electron chi connectivity index (χ2n) is 6.48. The third kappa shape index (κ3) is 2.38. The van der Waals surface area contributed by atoms with Crippen LogP contribution in [-0.4, -0.2) is 62.6 Å². The number of nitrogens with one attached hydrogen (secondary N) is 1. The number of carboxylic acid groups (broad SMARTS) is 1. The highest BCUT2D eigenvalue weighted by Gasteiger charge is 2.71. The van der Waals surface area contributed by atoms with Crippen LogP contribution in [0.4, 0.5) is 0 Å². The molecular weight excluding hydrogens is 360 g/mol. The summed E-state index contributed by atoms with van der Waals surface area (Å²) in [5.74, 6) is -2.38. The van der Waals surface area contributed by atoms with Crippen LogP contribution in [-0.2, 0) is 30.3 Å². The van der Waals surface area contributed by atoms with E-state index in [2.05, 4.69) is 5.32 Å².